The van der Waals surface area contributed by atoms with Crippen molar-refractivity contribution in [1.82, 2.24) is 5.32 Å². The van der Waals surface area contributed by atoms with Crippen LogP contribution in [-0.2, 0) is 9.53 Å². The first kappa shape index (κ1) is 17.8. The maximum Gasteiger partial charge on any atom is 0.347 e. The third kappa shape index (κ3) is 5.21. The molecule has 0 saturated carbocycles. The molecule has 0 fully saturated rings. The van der Waals surface area contributed by atoms with Crippen LogP contribution in [0.4, 0.5) is 0 Å². The fourth-order valence-electron chi connectivity index (χ4n) is 1.99. The Morgan fingerprint density at radius 2 is 2.05 bits per heavy atom. The first-order chi connectivity index (χ1) is 10.0. The standard InChI is InChI=1S/C16H24ClNO3/c1-5-14(16(19)20-7-3)21-15-9-8-12(10-13(15)17)11(4)18-6-2/h8-11,14,18H,5-7H2,1-4H3. The van der Waals surface area contributed by atoms with Crippen molar-refractivity contribution >= 4 is 17.6 Å². The van der Waals surface area contributed by atoms with Gasteiger partial charge in [-0.1, -0.05) is 31.5 Å². The Bertz CT molecular complexity index is 465. The molecule has 0 aliphatic heterocycles. The average molecular weight is 314 g/mol. The Hall–Kier alpha value is -1.26. The molecule has 0 heterocycles. The van der Waals surface area contributed by atoms with Crippen molar-refractivity contribution in [2.24, 2.45) is 0 Å². The van der Waals surface area contributed by atoms with Crippen LogP contribution in [0.1, 0.15) is 45.7 Å². The molecule has 0 bridgehead atoms. The number of hydrogen-bond acceptors (Lipinski definition) is 4. The molecule has 0 radical (unpaired) electrons. The number of carbonyl (C=O) groups excluding carboxylic acids is 1. The van der Waals surface area contributed by atoms with Crippen LogP contribution in [0.15, 0.2) is 18.2 Å². The minimum absolute atomic E-state index is 0.216. The van der Waals surface area contributed by atoms with Gasteiger partial charge in [-0.15, -0.1) is 0 Å². The van der Waals surface area contributed by atoms with Crippen LogP contribution < -0.4 is 10.1 Å². The number of halogens is 1. The highest BCUT2D eigenvalue weighted by Gasteiger charge is 2.21. The number of hydrogen-bond donors (Lipinski definition) is 1. The number of ether oxygens (including phenoxy) is 2. The lowest BCUT2D eigenvalue weighted by Crippen LogP contribution is -2.28. The Balaban J connectivity index is 2.82. The predicted octanol–water partition coefficient (Wildman–Crippen LogP) is 3.73. The van der Waals surface area contributed by atoms with Gasteiger partial charge in [-0.25, -0.2) is 4.79 Å². The third-order valence-corrected chi connectivity index (χ3v) is 3.45. The van der Waals surface area contributed by atoms with Gasteiger partial charge in [0.05, 0.1) is 11.6 Å². The van der Waals surface area contributed by atoms with Gasteiger partial charge in [0.2, 0.25) is 0 Å². The summed E-state index contributed by atoms with van der Waals surface area (Å²) in [6.07, 6.45) is -0.0930. The number of esters is 1. The Morgan fingerprint density at radius 1 is 1.33 bits per heavy atom. The monoisotopic (exact) mass is 313 g/mol. The van der Waals surface area contributed by atoms with Crippen molar-refractivity contribution in [1.29, 1.82) is 0 Å². The van der Waals surface area contributed by atoms with E-state index in [0.717, 1.165) is 12.1 Å². The van der Waals surface area contributed by atoms with E-state index in [1.165, 1.54) is 0 Å². The highest BCUT2D eigenvalue weighted by molar-refractivity contribution is 6.32. The van der Waals surface area contributed by atoms with Crippen molar-refractivity contribution in [2.75, 3.05) is 13.2 Å². The summed E-state index contributed by atoms with van der Waals surface area (Å²) in [5, 5.41) is 3.82. The van der Waals surface area contributed by atoms with Gasteiger partial charge in [0.25, 0.3) is 0 Å². The van der Waals surface area contributed by atoms with Gasteiger partial charge in [-0.3, -0.25) is 0 Å². The molecule has 118 valence electrons. The molecule has 0 spiro atoms. The van der Waals surface area contributed by atoms with Gasteiger partial charge in [0, 0.05) is 6.04 Å². The second-order valence-corrected chi connectivity index (χ2v) is 5.14. The molecule has 21 heavy (non-hydrogen) atoms. The van der Waals surface area contributed by atoms with Crippen LogP contribution in [0, 0.1) is 0 Å². The highest BCUT2D eigenvalue weighted by atomic mass is 35.5. The topological polar surface area (TPSA) is 47.6 Å². The number of carbonyl (C=O) groups is 1. The normalized spacial score (nSPS) is 13.6. The summed E-state index contributed by atoms with van der Waals surface area (Å²) in [5.41, 5.74) is 1.08. The van der Waals surface area contributed by atoms with Crippen molar-refractivity contribution in [3.63, 3.8) is 0 Å². The van der Waals surface area contributed by atoms with Crippen LogP contribution in [0.2, 0.25) is 5.02 Å². The second kappa shape index (κ2) is 8.90. The summed E-state index contributed by atoms with van der Waals surface area (Å²) in [5.74, 6) is 0.144. The molecule has 0 aliphatic rings. The summed E-state index contributed by atoms with van der Waals surface area (Å²) in [4.78, 5) is 11.7. The third-order valence-electron chi connectivity index (χ3n) is 3.16. The van der Waals surface area contributed by atoms with E-state index in [1.54, 1.807) is 13.0 Å². The smallest absolute Gasteiger partial charge is 0.347 e. The van der Waals surface area contributed by atoms with Gasteiger partial charge < -0.3 is 14.8 Å². The van der Waals surface area contributed by atoms with Gasteiger partial charge in [-0.2, -0.15) is 0 Å². The van der Waals surface area contributed by atoms with E-state index < -0.39 is 6.10 Å². The van der Waals surface area contributed by atoms with Crippen molar-refractivity contribution in [2.45, 2.75) is 46.3 Å². The van der Waals surface area contributed by atoms with E-state index in [2.05, 4.69) is 19.2 Å². The molecule has 0 aromatic heterocycles. The maximum atomic E-state index is 11.7. The van der Waals surface area contributed by atoms with Crippen LogP contribution in [0.25, 0.3) is 0 Å². The van der Waals surface area contributed by atoms with Crippen LogP contribution in [0.3, 0.4) is 0 Å². The van der Waals surface area contributed by atoms with Crippen LogP contribution in [-0.4, -0.2) is 25.2 Å². The van der Waals surface area contributed by atoms with E-state index in [-0.39, 0.29) is 12.0 Å². The van der Waals surface area contributed by atoms with Crippen molar-refractivity contribution in [3.8, 4) is 5.75 Å². The molecule has 0 saturated heterocycles. The quantitative estimate of drug-likeness (QED) is 0.743. The van der Waals surface area contributed by atoms with Crippen LogP contribution >= 0.6 is 11.6 Å². The van der Waals surface area contributed by atoms with Crippen molar-refractivity contribution in [3.05, 3.63) is 28.8 Å². The molecular formula is C16H24ClNO3. The first-order valence-corrected chi connectivity index (χ1v) is 7.77. The molecule has 2 unspecified atom stereocenters. The largest absolute Gasteiger partial charge is 0.477 e. The molecule has 2 atom stereocenters. The molecule has 1 N–H and O–H groups in total. The molecule has 5 heteroatoms. The van der Waals surface area contributed by atoms with E-state index in [0.29, 0.717) is 23.8 Å². The van der Waals surface area contributed by atoms with E-state index in [1.807, 2.05) is 19.1 Å². The SMILES string of the molecule is CCNC(C)c1ccc(OC(CC)C(=O)OCC)c(Cl)c1. The molecule has 1 aromatic rings. The molecular weight excluding hydrogens is 290 g/mol. The fourth-order valence-corrected chi connectivity index (χ4v) is 2.23. The number of benzene rings is 1. The summed E-state index contributed by atoms with van der Waals surface area (Å²) >= 11 is 6.25. The molecule has 0 amide bonds. The van der Waals surface area contributed by atoms with Gasteiger partial charge in [0.1, 0.15) is 5.75 Å². The van der Waals surface area contributed by atoms with E-state index >= 15 is 0 Å². The lowest BCUT2D eigenvalue weighted by molar-refractivity contribution is -0.151. The minimum Gasteiger partial charge on any atom is -0.477 e. The lowest BCUT2D eigenvalue weighted by atomic mass is 10.1. The summed E-state index contributed by atoms with van der Waals surface area (Å²) < 4.78 is 10.7. The molecule has 1 rings (SSSR count). The molecule has 1 aromatic carbocycles. The zero-order valence-corrected chi connectivity index (χ0v) is 13.9. The highest BCUT2D eigenvalue weighted by Crippen LogP contribution is 2.29. The average Bonchev–Trinajstić information content (AvgIpc) is 2.46. The predicted molar refractivity (Wildman–Crippen MR) is 84.9 cm³/mol. The zero-order valence-electron chi connectivity index (χ0n) is 13.1. The summed E-state index contributed by atoms with van der Waals surface area (Å²) in [6.45, 7) is 9.00. The second-order valence-electron chi connectivity index (χ2n) is 4.74. The number of nitrogens with one attached hydrogen (secondary N) is 1. The maximum absolute atomic E-state index is 11.7. The molecule has 4 nitrogen and oxygen atoms in total. The lowest BCUT2D eigenvalue weighted by Gasteiger charge is -2.18. The van der Waals surface area contributed by atoms with Crippen LogP contribution in [0.5, 0.6) is 5.75 Å². The fraction of sp³-hybridized carbons (Fsp3) is 0.562. The Kier molecular flexibility index (Phi) is 7.54. The van der Waals surface area contributed by atoms with Gasteiger partial charge in [-0.05, 0) is 44.5 Å². The summed E-state index contributed by atoms with van der Waals surface area (Å²) in [6, 6.07) is 5.83. The van der Waals surface area contributed by atoms with Gasteiger partial charge >= 0.3 is 5.97 Å². The van der Waals surface area contributed by atoms with Gasteiger partial charge in [0.15, 0.2) is 6.10 Å². The Labute approximate surface area is 131 Å². The Morgan fingerprint density at radius 3 is 2.57 bits per heavy atom. The minimum atomic E-state index is -0.625. The first-order valence-electron chi connectivity index (χ1n) is 7.39. The zero-order chi connectivity index (χ0) is 15.8. The number of rotatable bonds is 8. The van der Waals surface area contributed by atoms with E-state index in [9.17, 15) is 4.79 Å². The van der Waals surface area contributed by atoms with Crippen molar-refractivity contribution < 1.29 is 14.3 Å². The molecule has 0 aliphatic carbocycles. The summed E-state index contributed by atoms with van der Waals surface area (Å²) in [7, 11) is 0. The van der Waals surface area contributed by atoms with E-state index in [4.69, 9.17) is 21.1 Å².